The fraction of sp³-hybridized carbons (Fsp3) is 0.706. The number of piperidine rings is 1. The molecule has 1 aromatic heterocycles. The van der Waals surface area contributed by atoms with Crippen molar-refractivity contribution >= 4 is 5.91 Å². The molecule has 0 saturated carbocycles. The second-order valence-corrected chi connectivity index (χ2v) is 6.95. The first-order chi connectivity index (χ1) is 11.5. The molecule has 132 valence electrons. The molecule has 7 nitrogen and oxygen atoms in total. The number of H-pyrrole nitrogens is 1. The fourth-order valence-electron chi connectivity index (χ4n) is 3.99. The van der Waals surface area contributed by atoms with Crippen LogP contribution in [0.15, 0.2) is 10.9 Å². The van der Waals surface area contributed by atoms with Crippen molar-refractivity contribution in [2.75, 3.05) is 39.9 Å². The van der Waals surface area contributed by atoms with E-state index >= 15 is 0 Å². The number of aryl methyl sites for hydroxylation is 1. The number of aromatic amines is 1. The maximum absolute atomic E-state index is 12.9. The van der Waals surface area contributed by atoms with Crippen molar-refractivity contribution in [2.45, 2.75) is 32.7 Å². The number of nitrogens with zero attached hydrogens (tertiary/aromatic N) is 3. The highest BCUT2D eigenvalue weighted by molar-refractivity contribution is 5.84. The van der Waals surface area contributed by atoms with Crippen LogP contribution in [0.5, 0.6) is 0 Å². The summed E-state index contributed by atoms with van der Waals surface area (Å²) in [4.78, 5) is 35.8. The zero-order chi connectivity index (χ0) is 17.2. The van der Waals surface area contributed by atoms with Gasteiger partial charge in [0, 0.05) is 39.4 Å². The normalized spacial score (nSPS) is 24.9. The Labute approximate surface area is 142 Å². The van der Waals surface area contributed by atoms with E-state index in [4.69, 9.17) is 4.74 Å². The zero-order valence-corrected chi connectivity index (χ0v) is 14.5. The second-order valence-electron chi connectivity index (χ2n) is 6.95. The average molecular weight is 334 g/mol. The molecule has 1 atom stereocenters. The molecule has 2 aliphatic heterocycles. The van der Waals surface area contributed by atoms with Gasteiger partial charge in [-0.05, 0) is 32.7 Å². The van der Waals surface area contributed by atoms with E-state index in [0.717, 1.165) is 44.6 Å². The third-order valence-electron chi connectivity index (χ3n) is 5.12. The van der Waals surface area contributed by atoms with Gasteiger partial charge >= 0.3 is 0 Å². The Kier molecular flexibility index (Phi) is 5.01. The van der Waals surface area contributed by atoms with Gasteiger partial charge in [0.15, 0.2) is 0 Å². The number of rotatable bonds is 5. The topological polar surface area (TPSA) is 78.5 Å². The molecule has 1 spiro atoms. The van der Waals surface area contributed by atoms with E-state index in [1.165, 1.54) is 0 Å². The van der Waals surface area contributed by atoms with Crippen LogP contribution in [0.25, 0.3) is 0 Å². The van der Waals surface area contributed by atoms with Crippen LogP contribution in [0, 0.1) is 12.3 Å². The molecule has 1 unspecified atom stereocenters. The molecule has 3 rings (SSSR count). The summed E-state index contributed by atoms with van der Waals surface area (Å²) < 4.78 is 5.12. The first kappa shape index (κ1) is 17.1. The van der Waals surface area contributed by atoms with Crippen molar-refractivity contribution in [3.63, 3.8) is 0 Å². The van der Waals surface area contributed by atoms with Crippen LogP contribution in [-0.2, 0) is 16.1 Å². The molecular formula is C17H26N4O3. The Morgan fingerprint density at radius 2 is 2.17 bits per heavy atom. The third kappa shape index (κ3) is 3.52. The van der Waals surface area contributed by atoms with Crippen molar-refractivity contribution in [1.82, 2.24) is 19.8 Å². The monoisotopic (exact) mass is 334 g/mol. The smallest absolute Gasteiger partial charge is 0.251 e. The number of carbonyl (C=O) groups is 1. The first-order valence-electron chi connectivity index (χ1n) is 8.60. The molecule has 7 heteroatoms. The maximum Gasteiger partial charge on any atom is 0.251 e. The molecular weight excluding hydrogens is 308 g/mol. The van der Waals surface area contributed by atoms with E-state index in [1.807, 2.05) is 4.90 Å². The minimum atomic E-state index is -0.262. The molecule has 1 amide bonds. The van der Waals surface area contributed by atoms with Gasteiger partial charge in [-0.3, -0.25) is 14.5 Å². The van der Waals surface area contributed by atoms with Crippen LogP contribution in [0.4, 0.5) is 0 Å². The van der Waals surface area contributed by atoms with E-state index in [-0.39, 0.29) is 16.9 Å². The van der Waals surface area contributed by atoms with Gasteiger partial charge in [-0.2, -0.15) is 0 Å². The van der Waals surface area contributed by atoms with E-state index < -0.39 is 0 Å². The minimum absolute atomic E-state index is 0.120. The van der Waals surface area contributed by atoms with Gasteiger partial charge in [0.05, 0.1) is 17.7 Å². The van der Waals surface area contributed by atoms with E-state index in [1.54, 1.807) is 20.1 Å². The number of methoxy groups -OCH3 is 1. The number of carbonyl (C=O) groups excluding carboxylic acids is 1. The third-order valence-corrected chi connectivity index (χ3v) is 5.12. The molecule has 2 aliphatic rings. The summed E-state index contributed by atoms with van der Waals surface area (Å²) in [5, 5.41) is 0. The van der Waals surface area contributed by atoms with Crippen LogP contribution in [0.1, 0.15) is 30.8 Å². The molecule has 0 radical (unpaired) electrons. The van der Waals surface area contributed by atoms with Gasteiger partial charge in [0.25, 0.3) is 5.56 Å². The highest BCUT2D eigenvalue weighted by Gasteiger charge is 2.48. The highest BCUT2D eigenvalue weighted by atomic mass is 16.5. The number of hydrogen-bond acceptors (Lipinski definition) is 5. The van der Waals surface area contributed by atoms with Gasteiger partial charge in [0.2, 0.25) is 5.91 Å². The maximum atomic E-state index is 12.9. The van der Waals surface area contributed by atoms with Crippen LogP contribution in [0.3, 0.4) is 0 Å². The molecule has 0 bridgehead atoms. The lowest BCUT2D eigenvalue weighted by Gasteiger charge is -2.39. The summed E-state index contributed by atoms with van der Waals surface area (Å²) in [5.41, 5.74) is 0.390. The number of ether oxygens (including phenoxy) is 1. The van der Waals surface area contributed by atoms with Gasteiger partial charge in [-0.15, -0.1) is 0 Å². The lowest BCUT2D eigenvalue weighted by Crippen LogP contribution is -2.50. The van der Waals surface area contributed by atoms with E-state index in [2.05, 4.69) is 14.9 Å². The molecule has 3 heterocycles. The lowest BCUT2D eigenvalue weighted by atomic mass is 9.78. The Hall–Kier alpha value is -1.73. The Bertz CT molecular complexity index is 659. The Morgan fingerprint density at radius 1 is 1.33 bits per heavy atom. The number of nitrogens with one attached hydrogen (secondary N) is 1. The molecule has 0 aliphatic carbocycles. The number of likely N-dealkylation sites (tertiary alicyclic amines) is 2. The summed E-state index contributed by atoms with van der Waals surface area (Å²) in [6, 6.07) is 1.55. The predicted molar refractivity (Wildman–Crippen MR) is 89.6 cm³/mol. The molecule has 2 saturated heterocycles. The Morgan fingerprint density at radius 3 is 2.92 bits per heavy atom. The first-order valence-corrected chi connectivity index (χ1v) is 8.60. The summed E-state index contributed by atoms with van der Waals surface area (Å²) in [5.74, 6) is 0.897. The summed E-state index contributed by atoms with van der Waals surface area (Å²) in [6.07, 6.45) is 2.89. The van der Waals surface area contributed by atoms with Gasteiger partial charge in [-0.1, -0.05) is 0 Å². The second kappa shape index (κ2) is 7.03. The van der Waals surface area contributed by atoms with Crippen molar-refractivity contribution in [2.24, 2.45) is 5.41 Å². The summed E-state index contributed by atoms with van der Waals surface area (Å²) in [7, 11) is 1.66. The standard InChI is InChI=1S/C17H26N4O3/c1-13-18-14(10-15(22)19-13)11-20-7-5-17(12-20)4-3-6-21(16(17)23)8-9-24-2/h10H,3-9,11-12H2,1-2H3,(H,18,19,22). The Balaban J connectivity index is 1.67. The molecule has 24 heavy (non-hydrogen) atoms. The summed E-state index contributed by atoms with van der Waals surface area (Å²) >= 11 is 0. The highest BCUT2D eigenvalue weighted by Crippen LogP contribution is 2.40. The SMILES string of the molecule is COCCN1CCCC2(CCN(Cc3cc(=O)[nH]c(C)n3)C2)C1=O. The van der Waals surface area contributed by atoms with Crippen molar-refractivity contribution in [3.8, 4) is 0 Å². The van der Waals surface area contributed by atoms with Crippen LogP contribution in [0.2, 0.25) is 0 Å². The fourth-order valence-corrected chi connectivity index (χ4v) is 3.99. The van der Waals surface area contributed by atoms with Crippen molar-refractivity contribution in [3.05, 3.63) is 27.9 Å². The van der Waals surface area contributed by atoms with E-state index in [0.29, 0.717) is 25.5 Å². The van der Waals surface area contributed by atoms with Gasteiger partial charge in [0.1, 0.15) is 5.82 Å². The molecule has 1 N–H and O–H groups in total. The van der Waals surface area contributed by atoms with Gasteiger partial charge in [-0.25, -0.2) is 4.98 Å². The minimum Gasteiger partial charge on any atom is -0.383 e. The molecule has 2 fully saturated rings. The van der Waals surface area contributed by atoms with Crippen LogP contribution < -0.4 is 5.56 Å². The largest absolute Gasteiger partial charge is 0.383 e. The van der Waals surface area contributed by atoms with E-state index in [9.17, 15) is 9.59 Å². The van der Waals surface area contributed by atoms with Crippen molar-refractivity contribution in [1.29, 1.82) is 0 Å². The van der Waals surface area contributed by atoms with Gasteiger partial charge < -0.3 is 14.6 Å². The zero-order valence-electron chi connectivity index (χ0n) is 14.5. The average Bonchev–Trinajstić information content (AvgIpc) is 2.92. The van der Waals surface area contributed by atoms with Crippen LogP contribution >= 0.6 is 0 Å². The van der Waals surface area contributed by atoms with Crippen LogP contribution in [-0.4, -0.2) is 65.6 Å². The molecule has 0 aromatic carbocycles. The molecule has 1 aromatic rings. The van der Waals surface area contributed by atoms with Crippen molar-refractivity contribution < 1.29 is 9.53 Å². The summed E-state index contributed by atoms with van der Waals surface area (Å²) in [6.45, 7) is 6.12. The quantitative estimate of drug-likeness (QED) is 0.850. The number of hydrogen-bond donors (Lipinski definition) is 1. The number of aromatic nitrogens is 2. The number of amides is 1. The lowest BCUT2D eigenvalue weighted by molar-refractivity contribution is -0.146. The predicted octanol–water partition coefficient (Wildman–Crippen LogP) is 0.539.